The third kappa shape index (κ3) is 5.39. The van der Waals surface area contributed by atoms with Gasteiger partial charge in [0.2, 0.25) is 5.91 Å². The Kier molecular flexibility index (Phi) is 7.31. The van der Waals surface area contributed by atoms with Gasteiger partial charge in [-0.05, 0) is 23.6 Å². The Morgan fingerprint density at radius 1 is 1.31 bits per heavy atom. The lowest BCUT2D eigenvalue weighted by Gasteiger charge is -2.12. The molecule has 0 bridgehead atoms. The summed E-state index contributed by atoms with van der Waals surface area (Å²) >= 11 is 3.01. The smallest absolute Gasteiger partial charge is 0.234 e. The summed E-state index contributed by atoms with van der Waals surface area (Å²) in [6.45, 7) is 4.40. The molecule has 0 aliphatic rings. The van der Waals surface area contributed by atoms with E-state index in [0.29, 0.717) is 35.3 Å². The van der Waals surface area contributed by atoms with Crippen LogP contribution < -0.4 is 14.8 Å². The fourth-order valence-electron chi connectivity index (χ4n) is 2.67. The molecule has 0 spiro atoms. The number of carbonyl (C=O) groups is 1. The zero-order chi connectivity index (χ0) is 20.6. The van der Waals surface area contributed by atoms with Crippen molar-refractivity contribution in [2.75, 3.05) is 25.3 Å². The van der Waals surface area contributed by atoms with Crippen LogP contribution in [0.1, 0.15) is 10.7 Å². The minimum absolute atomic E-state index is 0.172. The number of amides is 1. The molecule has 3 aromatic rings. The highest BCUT2D eigenvalue weighted by Crippen LogP contribution is 2.29. The monoisotopic (exact) mass is 430 g/mol. The molecule has 0 aliphatic heterocycles. The fourth-order valence-corrected chi connectivity index (χ4v) is 4.13. The Morgan fingerprint density at radius 3 is 2.86 bits per heavy atom. The minimum Gasteiger partial charge on any atom is -0.497 e. The lowest BCUT2D eigenvalue weighted by Crippen LogP contribution is -2.15. The summed E-state index contributed by atoms with van der Waals surface area (Å²) in [5, 5.41) is 14.2. The molecule has 1 N–H and O–H groups in total. The van der Waals surface area contributed by atoms with Gasteiger partial charge in [-0.2, -0.15) is 0 Å². The number of thioether (sulfide) groups is 1. The van der Waals surface area contributed by atoms with Gasteiger partial charge in [0.05, 0.1) is 25.7 Å². The van der Waals surface area contributed by atoms with E-state index in [4.69, 9.17) is 9.47 Å². The molecule has 0 aliphatic carbocycles. The first-order valence-electron chi connectivity index (χ1n) is 8.84. The van der Waals surface area contributed by atoms with Crippen molar-refractivity contribution < 1.29 is 14.3 Å². The first-order chi connectivity index (χ1) is 14.1. The van der Waals surface area contributed by atoms with Crippen molar-refractivity contribution in [3.05, 3.63) is 59.1 Å². The van der Waals surface area contributed by atoms with Crippen molar-refractivity contribution in [3.63, 3.8) is 0 Å². The molecular weight excluding hydrogens is 408 g/mol. The summed E-state index contributed by atoms with van der Waals surface area (Å²) in [4.78, 5) is 13.7. The van der Waals surface area contributed by atoms with Crippen LogP contribution in [0.15, 0.2) is 53.5 Å². The quantitative estimate of drug-likeness (QED) is 0.389. The van der Waals surface area contributed by atoms with Crippen LogP contribution in [0.4, 0.5) is 5.69 Å². The zero-order valence-electron chi connectivity index (χ0n) is 16.3. The van der Waals surface area contributed by atoms with E-state index in [1.807, 2.05) is 16.0 Å². The van der Waals surface area contributed by atoms with Crippen LogP contribution >= 0.6 is 23.1 Å². The van der Waals surface area contributed by atoms with Gasteiger partial charge in [-0.25, -0.2) is 0 Å². The molecule has 9 heteroatoms. The van der Waals surface area contributed by atoms with Crippen molar-refractivity contribution in [1.29, 1.82) is 0 Å². The SMILES string of the molecule is C=CCn1c(Cc2cccs2)nnc1SCC(=O)Nc1cc(OC)ccc1OC. The van der Waals surface area contributed by atoms with Gasteiger partial charge in [0.25, 0.3) is 0 Å². The van der Waals surface area contributed by atoms with E-state index in [-0.39, 0.29) is 11.7 Å². The van der Waals surface area contributed by atoms with E-state index < -0.39 is 0 Å². The molecule has 2 heterocycles. The highest BCUT2D eigenvalue weighted by molar-refractivity contribution is 7.99. The van der Waals surface area contributed by atoms with Crippen LogP contribution in [0.25, 0.3) is 0 Å². The number of thiophene rings is 1. The van der Waals surface area contributed by atoms with Gasteiger partial charge in [-0.15, -0.1) is 28.1 Å². The van der Waals surface area contributed by atoms with E-state index >= 15 is 0 Å². The number of benzene rings is 1. The normalized spacial score (nSPS) is 10.6. The minimum atomic E-state index is -0.172. The van der Waals surface area contributed by atoms with Gasteiger partial charge in [-0.3, -0.25) is 4.79 Å². The Balaban J connectivity index is 1.67. The number of carbonyl (C=O) groups excluding carboxylic acids is 1. The number of hydrogen-bond acceptors (Lipinski definition) is 7. The number of nitrogens with zero attached hydrogens (tertiary/aromatic N) is 3. The Bertz CT molecular complexity index is 970. The van der Waals surface area contributed by atoms with Crippen molar-refractivity contribution >= 4 is 34.7 Å². The predicted octanol–water partition coefficient (Wildman–Crippen LogP) is 3.86. The highest BCUT2D eigenvalue weighted by atomic mass is 32.2. The van der Waals surface area contributed by atoms with Crippen LogP contribution in [0, 0.1) is 0 Å². The molecule has 29 heavy (non-hydrogen) atoms. The molecule has 3 rings (SSSR count). The van der Waals surface area contributed by atoms with E-state index in [0.717, 1.165) is 5.82 Å². The molecular formula is C20H22N4O3S2. The largest absolute Gasteiger partial charge is 0.497 e. The molecule has 0 atom stereocenters. The third-order valence-electron chi connectivity index (χ3n) is 4.03. The molecule has 0 saturated heterocycles. The van der Waals surface area contributed by atoms with Crippen molar-refractivity contribution in [3.8, 4) is 11.5 Å². The third-order valence-corrected chi connectivity index (χ3v) is 5.87. The standard InChI is InChI=1S/C20H22N4O3S2/c1-4-9-24-18(12-15-6-5-10-28-15)22-23-20(24)29-13-19(25)21-16-11-14(26-2)7-8-17(16)27-3/h4-8,10-11H,1,9,12-13H2,2-3H3,(H,21,25). The maximum Gasteiger partial charge on any atom is 0.234 e. The van der Waals surface area contributed by atoms with Gasteiger partial charge in [0.1, 0.15) is 17.3 Å². The maximum atomic E-state index is 12.5. The topological polar surface area (TPSA) is 78.3 Å². The molecule has 1 aromatic carbocycles. The average Bonchev–Trinajstić information content (AvgIpc) is 3.37. The molecule has 0 radical (unpaired) electrons. The van der Waals surface area contributed by atoms with E-state index in [1.54, 1.807) is 49.8 Å². The number of hydrogen-bond donors (Lipinski definition) is 1. The first-order valence-corrected chi connectivity index (χ1v) is 10.7. The van der Waals surface area contributed by atoms with E-state index in [2.05, 4.69) is 28.2 Å². The summed E-state index contributed by atoms with van der Waals surface area (Å²) in [5.41, 5.74) is 0.559. The second-order valence-electron chi connectivity index (χ2n) is 5.96. The lowest BCUT2D eigenvalue weighted by molar-refractivity contribution is -0.113. The molecule has 0 unspecified atom stereocenters. The summed E-state index contributed by atoms with van der Waals surface area (Å²) in [6.07, 6.45) is 2.50. The molecule has 0 fully saturated rings. The number of nitrogens with one attached hydrogen (secondary N) is 1. The van der Waals surface area contributed by atoms with Gasteiger partial charge in [0, 0.05) is 23.9 Å². The van der Waals surface area contributed by atoms with Crippen molar-refractivity contribution in [2.45, 2.75) is 18.1 Å². The molecule has 0 saturated carbocycles. The second kappa shape index (κ2) is 10.1. The van der Waals surface area contributed by atoms with Crippen molar-refractivity contribution in [2.24, 2.45) is 0 Å². The summed E-state index contributed by atoms with van der Waals surface area (Å²) in [6, 6.07) is 9.33. The van der Waals surface area contributed by atoms with Gasteiger partial charge in [0.15, 0.2) is 5.16 Å². The second-order valence-corrected chi connectivity index (χ2v) is 7.93. The van der Waals surface area contributed by atoms with Crippen molar-refractivity contribution in [1.82, 2.24) is 14.8 Å². The Morgan fingerprint density at radius 2 is 2.17 bits per heavy atom. The number of methoxy groups -OCH3 is 2. The highest BCUT2D eigenvalue weighted by Gasteiger charge is 2.15. The first kappa shape index (κ1) is 20.9. The lowest BCUT2D eigenvalue weighted by atomic mass is 10.2. The van der Waals surface area contributed by atoms with Gasteiger partial charge < -0.3 is 19.4 Å². The number of ether oxygens (including phenoxy) is 2. The van der Waals surface area contributed by atoms with Crippen LogP contribution in [-0.2, 0) is 17.8 Å². The number of allylic oxidation sites excluding steroid dienone is 1. The van der Waals surface area contributed by atoms with Crippen LogP contribution in [0.3, 0.4) is 0 Å². The maximum absolute atomic E-state index is 12.5. The number of rotatable bonds is 10. The van der Waals surface area contributed by atoms with Crippen LogP contribution in [-0.4, -0.2) is 40.6 Å². The molecule has 152 valence electrons. The van der Waals surface area contributed by atoms with Gasteiger partial charge in [-0.1, -0.05) is 23.9 Å². The molecule has 2 aromatic heterocycles. The summed E-state index contributed by atoms with van der Waals surface area (Å²) in [5.74, 6) is 2.07. The van der Waals surface area contributed by atoms with Crippen LogP contribution in [0.2, 0.25) is 0 Å². The Labute approximate surface area is 177 Å². The Hall–Kier alpha value is -2.78. The average molecular weight is 431 g/mol. The van der Waals surface area contributed by atoms with Gasteiger partial charge >= 0.3 is 0 Å². The summed E-state index contributed by atoms with van der Waals surface area (Å²) < 4.78 is 12.5. The summed E-state index contributed by atoms with van der Waals surface area (Å²) in [7, 11) is 3.13. The molecule has 1 amide bonds. The predicted molar refractivity (Wildman–Crippen MR) is 116 cm³/mol. The number of anilines is 1. The van der Waals surface area contributed by atoms with E-state index in [1.165, 1.54) is 16.6 Å². The number of aromatic nitrogens is 3. The fraction of sp³-hybridized carbons (Fsp3) is 0.250. The zero-order valence-corrected chi connectivity index (χ0v) is 17.9. The van der Waals surface area contributed by atoms with Crippen LogP contribution in [0.5, 0.6) is 11.5 Å². The molecule has 7 nitrogen and oxygen atoms in total. The van der Waals surface area contributed by atoms with E-state index in [9.17, 15) is 4.79 Å².